The smallest absolute Gasteiger partial charge is 0.266 e. The van der Waals surface area contributed by atoms with Crippen LogP contribution in [0.4, 0.5) is 5.69 Å². The zero-order valence-electron chi connectivity index (χ0n) is 12.3. The first-order valence-electron chi connectivity index (χ1n) is 7.57. The second-order valence-corrected chi connectivity index (χ2v) is 6.83. The van der Waals surface area contributed by atoms with Gasteiger partial charge in [-0.2, -0.15) is 0 Å². The number of carbonyl (C=O) groups excluding carboxylic acids is 1. The van der Waals surface area contributed by atoms with Gasteiger partial charge in [0.1, 0.15) is 4.88 Å². The Morgan fingerprint density at radius 2 is 2.05 bits per heavy atom. The van der Waals surface area contributed by atoms with Gasteiger partial charge in [-0.05, 0) is 18.9 Å². The van der Waals surface area contributed by atoms with E-state index in [9.17, 15) is 4.79 Å². The van der Waals surface area contributed by atoms with Gasteiger partial charge in [0.15, 0.2) is 0 Å². The molecular formula is C16H21N3OS. The standard InChI is InChI=1S/C16H21N3OS/c1-19(11-6-4-2-3-5-7-11)16(20)15-14(17)12-8-9-18-10-13(12)21-15/h8-11H,2-7,17H2,1H3. The Kier molecular flexibility index (Phi) is 4.10. The molecular weight excluding hydrogens is 282 g/mol. The van der Waals surface area contributed by atoms with Gasteiger partial charge in [0.05, 0.1) is 10.4 Å². The summed E-state index contributed by atoms with van der Waals surface area (Å²) in [6.45, 7) is 0. The lowest BCUT2D eigenvalue weighted by Crippen LogP contribution is -2.36. The molecule has 3 rings (SSSR count). The van der Waals surface area contributed by atoms with Crippen LogP contribution in [0.15, 0.2) is 18.5 Å². The number of hydrogen-bond donors (Lipinski definition) is 1. The second-order valence-electron chi connectivity index (χ2n) is 5.78. The first kappa shape index (κ1) is 14.3. The SMILES string of the molecule is CN(C(=O)c1sc2cnccc2c1N)C1CCCCCC1. The summed E-state index contributed by atoms with van der Waals surface area (Å²) in [6, 6.07) is 2.23. The molecule has 0 aromatic carbocycles. The fraction of sp³-hybridized carbons (Fsp3) is 0.500. The Balaban J connectivity index is 1.87. The van der Waals surface area contributed by atoms with Crippen LogP contribution in [0.5, 0.6) is 0 Å². The lowest BCUT2D eigenvalue weighted by molar-refractivity contribution is 0.0723. The fourth-order valence-electron chi connectivity index (χ4n) is 3.10. The van der Waals surface area contributed by atoms with Crippen molar-refractivity contribution in [3.05, 3.63) is 23.3 Å². The first-order chi connectivity index (χ1) is 10.2. The number of amides is 1. The van der Waals surface area contributed by atoms with Gasteiger partial charge in [0.25, 0.3) is 5.91 Å². The van der Waals surface area contributed by atoms with Crippen LogP contribution in [0, 0.1) is 0 Å². The average molecular weight is 303 g/mol. The average Bonchev–Trinajstić information content (AvgIpc) is 2.70. The topological polar surface area (TPSA) is 59.2 Å². The zero-order chi connectivity index (χ0) is 14.8. The summed E-state index contributed by atoms with van der Waals surface area (Å²) in [5.41, 5.74) is 6.77. The molecule has 0 atom stereocenters. The van der Waals surface area contributed by atoms with E-state index in [2.05, 4.69) is 4.98 Å². The zero-order valence-corrected chi connectivity index (χ0v) is 13.2. The van der Waals surface area contributed by atoms with Crippen molar-refractivity contribution in [2.45, 2.75) is 44.6 Å². The normalized spacial score (nSPS) is 16.8. The summed E-state index contributed by atoms with van der Waals surface area (Å²) in [5, 5.41) is 0.938. The van der Waals surface area contributed by atoms with Gasteiger partial charge in [-0.1, -0.05) is 25.7 Å². The third kappa shape index (κ3) is 2.75. The molecule has 112 valence electrons. The van der Waals surface area contributed by atoms with E-state index in [4.69, 9.17) is 5.73 Å². The molecule has 0 aliphatic heterocycles. The number of pyridine rings is 1. The Bertz CT molecular complexity index is 644. The molecule has 0 radical (unpaired) electrons. The van der Waals surface area contributed by atoms with Gasteiger partial charge in [0, 0.05) is 30.9 Å². The van der Waals surface area contributed by atoms with Gasteiger partial charge < -0.3 is 10.6 Å². The maximum absolute atomic E-state index is 12.8. The number of aromatic nitrogens is 1. The van der Waals surface area contributed by atoms with Crippen molar-refractivity contribution >= 4 is 33.0 Å². The molecule has 0 bridgehead atoms. The molecule has 21 heavy (non-hydrogen) atoms. The van der Waals surface area contributed by atoms with Crippen LogP contribution in [0.1, 0.15) is 48.2 Å². The van der Waals surface area contributed by atoms with Crippen molar-refractivity contribution in [1.29, 1.82) is 0 Å². The number of fused-ring (bicyclic) bond motifs is 1. The van der Waals surface area contributed by atoms with Gasteiger partial charge in [-0.3, -0.25) is 9.78 Å². The Labute approximate surface area is 129 Å². The summed E-state index contributed by atoms with van der Waals surface area (Å²) >= 11 is 1.45. The predicted molar refractivity (Wildman–Crippen MR) is 87.6 cm³/mol. The lowest BCUT2D eigenvalue weighted by Gasteiger charge is -2.27. The lowest BCUT2D eigenvalue weighted by atomic mass is 10.1. The van der Waals surface area contributed by atoms with E-state index in [0.717, 1.165) is 22.9 Å². The third-order valence-electron chi connectivity index (χ3n) is 4.42. The van der Waals surface area contributed by atoms with E-state index in [0.29, 0.717) is 16.6 Å². The summed E-state index contributed by atoms with van der Waals surface area (Å²) < 4.78 is 0.979. The van der Waals surface area contributed by atoms with Crippen LogP contribution >= 0.6 is 11.3 Å². The van der Waals surface area contributed by atoms with Gasteiger partial charge in [-0.25, -0.2) is 0 Å². The third-order valence-corrected chi connectivity index (χ3v) is 5.56. The van der Waals surface area contributed by atoms with E-state index < -0.39 is 0 Å². The maximum Gasteiger partial charge on any atom is 0.266 e. The number of nitrogen functional groups attached to an aromatic ring is 1. The second kappa shape index (κ2) is 6.02. The molecule has 2 aromatic heterocycles. The summed E-state index contributed by atoms with van der Waals surface area (Å²) in [6.07, 6.45) is 10.7. The van der Waals surface area contributed by atoms with Crippen LogP contribution in [-0.2, 0) is 0 Å². The van der Waals surface area contributed by atoms with Crippen LogP contribution < -0.4 is 5.73 Å². The van der Waals surface area contributed by atoms with Crippen LogP contribution in [-0.4, -0.2) is 28.9 Å². The van der Waals surface area contributed by atoms with E-state index >= 15 is 0 Å². The number of hydrogen-bond acceptors (Lipinski definition) is 4. The van der Waals surface area contributed by atoms with E-state index in [1.54, 1.807) is 12.4 Å². The van der Waals surface area contributed by atoms with Crippen molar-refractivity contribution in [3.63, 3.8) is 0 Å². The molecule has 1 amide bonds. The van der Waals surface area contributed by atoms with E-state index in [1.165, 1.54) is 37.0 Å². The maximum atomic E-state index is 12.8. The highest BCUT2D eigenvalue weighted by Crippen LogP contribution is 2.34. The van der Waals surface area contributed by atoms with E-state index in [1.807, 2.05) is 18.0 Å². The predicted octanol–water partition coefficient (Wildman–Crippen LogP) is 3.67. The molecule has 0 spiro atoms. The number of thiophene rings is 1. The van der Waals surface area contributed by atoms with Crippen LogP contribution in [0.2, 0.25) is 0 Å². The quantitative estimate of drug-likeness (QED) is 0.861. The minimum atomic E-state index is 0.0561. The fourth-order valence-corrected chi connectivity index (χ4v) is 4.17. The minimum absolute atomic E-state index is 0.0561. The highest BCUT2D eigenvalue weighted by molar-refractivity contribution is 7.21. The summed E-state index contributed by atoms with van der Waals surface area (Å²) in [7, 11) is 1.92. The molecule has 2 heterocycles. The van der Waals surface area contributed by atoms with E-state index in [-0.39, 0.29) is 5.91 Å². The molecule has 2 N–H and O–H groups in total. The van der Waals surface area contributed by atoms with Crippen LogP contribution in [0.3, 0.4) is 0 Å². The molecule has 2 aromatic rings. The van der Waals surface area contributed by atoms with Crippen LogP contribution in [0.25, 0.3) is 10.1 Å². The molecule has 1 aliphatic carbocycles. The highest BCUT2D eigenvalue weighted by Gasteiger charge is 2.25. The minimum Gasteiger partial charge on any atom is -0.397 e. The number of nitrogens with two attached hydrogens (primary N) is 1. The Morgan fingerprint density at radius 3 is 2.71 bits per heavy atom. The number of carbonyl (C=O) groups is 1. The molecule has 4 nitrogen and oxygen atoms in total. The van der Waals surface area contributed by atoms with Gasteiger partial charge in [-0.15, -0.1) is 11.3 Å². The first-order valence-corrected chi connectivity index (χ1v) is 8.39. The molecule has 0 unspecified atom stereocenters. The molecule has 0 saturated heterocycles. The molecule has 5 heteroatoms. The number of anilines is 1. The number of nitrogens with zero attached hydrogens (tertiary/aromatic N) is 2. The largest absolute Gasteiger partial charge is 0.397 e. The molecule has 1 saturated carbocycles. The van der Waals surface area contributed by atoms with Gasteiger partial charge in [0.2, 0.25) is 0 Å². The van der Waals surface area contributed by atoms with Gasteiger partial charge >= 0.3 is 0 Å². The van der Waals surface area contributed by atoms with Crippen molar-refractivity contribution in [2.24, 2.45) is 0 Å². The Hall–Kier alpha value is -1.62. The molecule has 1 aliphatic rings. The van der Waals surface area contributed by atoms with Crippen molar-refractivity contribution in [3.8, 4) is 0 Å². The Morgan fingerprint density at radius 1 is 1.33 bits per heavy atom. The molecule has 1 fully saturated rings. The highest BCUT2D eigenvalue weighted by atomic mass is 32.1. The van der Waals surface area contributed by atoms with Crippen molar-refractivity contribution in [2.75, 3.05) is 12.8 Å². The summed E-state index contributed by atoms with van der Waals surface area (Å²) in [4.78, 5) is 19.4. The van der Waals surface area contributed by atoms with Crippen molar-refractivity contribution in [1.82, 2.24) is 9.88 Å². The van der Waals surface area contributed by atoms with Crippen molar-refractivity contribution < 1.29 is 4.79 Å². The summed E-state index contributed by atoms with van der Waals surface area (Å²) in [5.74, 6) is 0.0561. The monoisotopic (exact) mass is 303 g/mol. The number of rotatable bonds is 2.